The Labute approximate surface area is 109 Å². The predicted octanol–water partition coefficient (Wildman–Crippen LogP) is 0.779. The second kappa shape index (κ2) is 5.36. The molecule has 5 heteroatoms. The first-order chi connectivity index (χ1) is 8.79. The number of aryl methyl sites for hydroxylation is 1. The van der Waals surface area contributed by atoms with Crippen molar-refractivity contribution in [3.05, 3.63) is 11.9 Å². The standard InChI is InChI=1S/C13H23N5/c1-17-9-13(15-16-17)10-18-6-4-11(5-7-18)8-14-12-2-3-12/h9,11-12,14H,2-8,10H2,1H3. The topological polar surface area (TPSA) is 46.0 Å². The molecule has 1 saturated heterocycles. The highest BCUT2D eigenvalue weighted by Gasteiger charge is 2.24. The van der Waals surface area contributed by atoms with E-state index in [0.717, 1.165) is 24.2 Å². The number of rotatable bonds is 5. The number of hydrogen-bond donors (Lipinski definition) is 1. The molecular weight excluding hydrogens is 226 g/mol. The van der Waals surface area contributed by atoms with Crippen LogP contribution >= 0.6 is 0 Å². The van der Waals surface area contributed by atoms with E-state index in [-0.39, 0.29) is 0 Å². The highest BCUT2D eigenvalue weighted by Crippen LogP contribution is 2.22. The molecule has 2 fully saturated rings. The van der Waals surface area contributed by atoms with Gasteiger partial charge >= 0.3 is 0 Å². The fraction of sp³-hybridized carbons (Fsp3) is 0.846. The zero-order valence-corrected chi connectivity index (χ0v) is 11.2. The average molecular weight is 249 g/mol. The maximum absolute atomic E-state index is 4.16. The third-order valence-corrected chi connectivity index (χ3v) is 4.02. The largest absolute Gasteiger partial charge is 0.314 e. The molecular formula is C13H23N5. The molecule has 0 atom stereocenters. The van der Waals surface area contributed by atoms with Crippen molar-refractivity contribution in [3.8, 4) is 0 Å². The van der Waals surface area contributed by atoms with Crippen molar-refractivity contribution in [2.24, 2.45) is 13.0 Å². The van der Waals surface area contributed by atoms with Gasteiger partial charge in [0.05, 0.1) is 5.69 Å². The van der Waals surface area contributed by atoms with Crippen LogP contribution in [0.1, 0.15) is 31.4 Å². The number of aromatic nitrogens is 3. The molecule has 0 bridgehead atoms. The lowest BCUT2D eigenvalue weighted by atomic mass is 9.96. The van der Waals surface area contributed by atoms with Crippen molar-refractivity contribution >= 4 is 0 Å². The van der Waals surface area contributed by atoms with Crippen LogP contribution in [0.5, 0.6) is 0 Å². The molecule has 2 heterocycles. The zero-order valence-electron chi connectivity index (χ0n) is 11.2. The Balaban J connectivity index is 1.39. The molecule has 1 N–H and O–H groups in total. The maximum Gasteiger partial charge on any atom is 0.0966 e. The summed E-state index contributed by atoms with van der Waals surface area (Å²) in [6.45, 7) is 4.58. The van der Waals surface area contributed by atoms with Crippen molar-refractivity contribution in [2.45, 2.75) is 38.3 Å². The van der Waals surface area contributed by atoms with Crippen molar-refractivity contribution in [2.75, 3.05) is 19.6 Å². The van der Waals surface area contributed by atoms with Crippen LogP contribution in [0.4, 0.5) is 0 Å². The Kier molecular flexibility index (Phi) is 3.61. The first-order valence-electron chi connectivity index (χ1n) is 7.10. The summed E-state index contributed by atoms with van der Waals surface area (Å²) in [5.41, 5.74) is 1.09. The molecule has 0 unspecified atom stereocenters. The van der Waals surface area contributed by atoms with Crippen LogP contribution in [0.3, 0.4) is 0 Å². The van der Waals surface area contributed by atoms with Gasteiger partial charge in [0.1, 0.15) is 0 Å². The van der Waals surface area contributed by atoms with Crippen LogP contribution in [0, 0.1) is 5.92 Å². The second-order valence-electron chi connectivity index (χ2n) is 5.79. The molecule has 5 nitrogen and oxygen atoms in total. The minimum atomic E-state index is 0.850. The van der Waals surface area contributed by atoms with E-state index in [1.54, 1.807) is 4.68 Å². The Hall–Kier alpha value is -0.940. The van der Waals surface area contributed by atoms with E-state index in [1.165, 1.54) is 45.3 Å². The third kappa shape index (κ3) is 3.29. The Morgan fingerprint density at radius 2 is 2.06 bits per heavy atom. The monoisotopic (exact) mass is 249 g/mol. The van der Waals surface area contributed by atoms with Crippen molar-refractivity contribution < 1.29 is 0 Å². The van der Waals surface area contributed by atoms with E-state index >= 15 is 0 Å². The number of nitrogens with one attached hydrogen (secondary N) is 1. The summed E-state index contributed by atoms with van der Waals surface area (Å²) >= 11 is 0. The molecule has 0 spiro atoms. The molecule has 1 saturated carbocycles. The van der Waals surface area contributed by atoms with Crippen LogP contribution < -0.4 is 5.32 Å². The lowest BCUT2D eigenvalue weighted by molar-refractivity contribution is 0.173. The Morgan fingerprint density at radius 3 is 2.67 bits per heavy atom. The first-order valence-corrected chi connectivity index (χ1v) is 7.10. The van der Waals surface area contributed by atoms with Crippen LogP contribution in [0.15, 0.2) is 6.20 Å². The summed E-state index contributed by atoms with van der Waals surface area (Å²) < 4.78 is 1.78. The predicted molar refractivity (Wildman–Crippen MR) is 70.0 cm³/mol. The molecule has 1 aliphatic carbocycles. The highest BCUT2D eigenvalue weighted by molar-refractivity contribution is 4.92. The van der Waals surface area contributed by atoms with Gasteiger partial charge in [-0.05, 0) is 51.2 Å². The van der Waals surface area contributed by atoms with E-state index in [9.17, 15) is 0 Å². The van der Waals surface area contributed by atoms with Gasteiger partial charge in [0, 0.05) is 25.8 Å². The molecule has 100 valence electrons. The second-order valence-corrected chi connectivity index (χ2v) is 5.79. The van der Waals surface area contributed by atoms with Gasteiger partial charge in [-0.25, -0.2) is 0 Å². The van der Waals surface area contributed by atoms with Gasteiger partial charge in [0.25, 0.3) is 0 Å². The lowest BCUT2D eigenvalue weighted by Crippen LogP contribution is -2.37. The maximum atomic E-state index is 4.16. The summed E-state index contributed by atoms with van der Waals surface area (Å²) in [4.78, 5) is 2.50. The molecule has 2 aliphatic rings. The average Bonchev–Trinajstić information content (AvgIpc) is 3.12. The summed E-state index contributed by atoms with van der Waals surface area (Å²) in [5.74, 6) is 0.878. The highest BCUT2D eigenvalue weighted by atomic mass is 15.4. The normalized spacial score (nSPS) is 22.5. The van der Waals surface area contributed by atoms with Gasteiger partial charge in [0.2, 0.25) is 0 Å². The van der Waals surface area contributed by atoms with E-state index in [4.69, 9.17) is 0 Å². The molecule has 0 amide bonds. The van der Waals surface area contributed by atoms with Crippen LogP contribution in [-0.4, -0.2) is 45.6 Å². The van der Waals surface area contributed by atoms with Crippen LogP contribution in [0.2, 0.25) is 0 Å². The van der Waals surface area contributed by atoms with E-state index in [2.05, 4.69) is 20.5 Å². The quantitative estimate of drug-likeness (QED) is 0.837. The van der Waals surface area contributed by atoms with Crippen molar-refractivity contribution in [1.29, 1.82) is 0 Å². The smallest absolute Gasteiger partial charge is 0.0966 e. The summed E-state index contributed by atoms with van der Waals surface area (Å²) in [6.07, 6.45) is 7.44. The number of likely N-dealkylation sites (tertiary alicyclic amines) is 1. The minimum absolute atomic E-state index is 0.850. The molecule has 1 aromatic rings. The first kappa shape index (κ1) is 12.1. The van der Waals surface area contributed by atoms with Crippen LogP contribution in [-0.2, 0) is 13.6 Å². The van der Waals surface area contributed by atoms with Crippen molar-refractivity contribution in [1.82, 2.24) is 25.2 Å². The minimum Gasteiger partial charge on any atom is -0.314 e. The van der Waals surface area contributed by atoms with Gasteiger partial charge < -0.3 is 5.32 Å². The summed E-state index contributed by atoms with van der Waals surface area (Å²) in [7, 11) is 1.92. The number of nitrogens with zero attached hydrogens (tertiary/aromatic N) is 4. The van der Waals surface area contributed by atoms with Gasteiger partial charge in [-0.15, -0.1) is 5.10 Å². The molecule has 3 rings (SSSR count). The molecule has 0 radical (unpaired) electrons. The lowest BCUT2D eigenvalue weighted by Gasteiger charge is -2.31. The van der Waals surface area contributed by atoms with Crippen LogP contribution in [0.25, 0.3) is 0 Å². The fourth-order valence-electron chi connectivity index (χ4n) is 2.67. The van der Waals surface area contributed by atoms with Gasteiger partial charge in [0.15, 0.2) is 0 Å². The summed E-state index contributed by atoms with van der Waals surface area (Å²) in [6, 6.07) is 0.850. The SMILES string of the molecule is Cn1cc(CN2CCC(CNC3CC3)CC2)nn1. The Morgan fingerprint density at radius 1 is 1.28 bits per heavy atom. The van der Waals surface area contributed by atoms with Gasteiger partial charge in [-0.1, -0.05) is 5.21 Å². The van der Waals surface area contributed by atoms with E-state index in [1.807, 2.05) is 13.2 Å². The van der Waals surface area contributed by atoms with Gasteiger partial charge in [-0.3, -0.25) is 9.58 Å². The fourth-order valence-corrected chi connectivity index (χ4v) is 2.67. The molecule has 0 aromatic carbocycles. The Bertz CT molecular complexity index is 376. The zero-order chi connectivity index (χ0) is 12.4. The molecule has 1 aromatic heterocycles. The number of hydrogen-bond acceptors (Lipinski definition) is 4. The molecule has 1 aliphatic heterocycles. The number of piperidine rings is 1. The van der Waals surface area contributed by atoms with E-state index < -0.39 is 0 Å². The molecule has 18 heavy (non-hydrogen) atoms. The van der Waals surface area contributed by atoms with Gasteiger partial charge in [-0.2, -0.15) is 0 Å². The van der Waals surface area contributed by atoms with E-state index in [0.29, 0.717) is 0 Å². The van der Waals surface area contributed by atoms with Crippen molar-refractivity contribution in [3.63, 3.8) is 0 Å². The third-order valence-electron chi connectivity index (χ3n) is 4.02. The summed E-state index contributed by atoms with van der Waals surface area (Å²) in [5, 5.41) is 11.8.